The van der Waals surface area contributed by atoms with Crippen LogP contribution in [0.1, 0.15) is 5.76 Å². The SMILES string of the molecule is O/N=C(\Br)c1ccc(Br)o1. The van der Waals surface area contributed by atoms with Gasteiger partial charge in [0.1, 0.15) is 0 Å². The molecule has 1 heterocycles. The summed E-state index contributed by atoms with van der Waals surface area (Å²) in [5, 5.41) is 11.2. The lowest BCUT2D eigenvalue weighted by atomic mass is 10.5. The highest BCUT2D eigenvalue weighted by molar-refractivity contribution is 9.18. The number of hydrogen-bond acceptors (Lipinski definition) is 3. The molecular weight excluding hydrogens is 266 g/mol. The number of nitrogens with zero attached hydrogens (tertiary/aromatic N) is 1. The van der Waals surface area contributed by atoms with Crippen molar-refractivity contribution < 1.29 is 9.62 Å². The Morgan fingerprint density at radius 3 is 2.70 bits per heavy atom. The first-order chi connectivity index (χ1) is 4.74. The minimum Gasteiger partial charge on any atom is -0.447 e. The van der Waals surface area contributed by atoms with E-state index in [1.165, 1.54) is 0 Å². The number of oxime groups is 1. The maximum absolute atomic E-state index is 8.26. The number of furan rings is 1. The number of hydrogen-bond donors (Lipinski definition) is 1. The van der Waals surface area contributed by atoms with Gasteiger partial charge in [-0.2, -0.15) is 0 Å². The van der Waals surface area contributed by atoms with Crippen LogP contribution in [0.2, 0.25) is 0 Å². The zero-order chi connectivity index (χ0) is 7.56. The summed E-state index contributed by atoms with van der Waals surface area (Å²) in [5.74, 6) is 0.481. The summed E-state index contributed by atoms with van der Waals surface area (Å²) in [5.41, 5.74) is 0. The van der Waals surface area contributed by atoms with E-state index in [4.69, 9.17) is 9.62 Å². The van der Waals surface area contributed by atoms with Gasteiger partial charge in [-0.15, -0.1) is 0 Å². The van der Waals surface area contributed by atoms with Gasteiger partial charge in [0.25, 0.3) is 0 Å². The first-order valence-corrected chi connectivity index (χ1v) is 3.96. The average Bonchev–Trinajstić information content (AvgIpc) is 2.34. The van der Waals surface area contributed by atoms with E-state index in [1.54, 1.807) is 12.1 Å². The third-order valence-corrected chi connectivity index (χ3v) is 1.84. The van der Waals surface area contributed by atoms with Crippen LogP contribution in [0.15, 0.2) is 26.4 Å². The van der Waals surface area contributed by atoms with Crippen molar-refractivity contribution in [3.63, 3.8) is 0 Å². The molecule has 0 saturated heterocycles. The summed E-state index contributed by atoms with van der Waals surface area (Å²) in [6.45, 7) is 0. The molecule has 0 aromatic carbocycles. The molecule has 0 aliphatic heterocycles. The van der Waals surface area contributed by atoms with Crippen molar-refractivity contribution in [2.75, 3.05) is 0 Å². The van der Waals surface area contributed by atoms with Crippen molar-refractivity contribution in [1.29, 1.82) is 0 Å². The Labute approximate surface area is 74.0 Å². The Balaban J connectivity index is 2.95. The lowest BCUT2D eigenvalue weighted by Crippen LogP contribution is -1.84. The van der Waals surface area contributed by atoms with Gasteiger partial charge < -0.3 is 9.62 Å². The fraction of sp³-hybridized carbons (Fsp3) is 0. The molecule has 5 heteroatoms. The van der Waals surface area contributed by atoms with E-state index in [-0.39, 0.29) is 4.62 Å². The van der Waals surface area contributed by atoms with Crippen LogP contribution in [0, 0.1) is 0 Å². The molecule has 0 bridgehead atoms. The normalized spacial score (nSPS) is 12.0. The quantitative estimate of drug-likeness (QED) is 0.483. The molecule has 10 heavy (non-hydrogen) atoms. The second kappa shape index (κ2) is 3.21. The molecule has 0 radical (unpaired) electrons. The average molecular weight is 269 g/mol. The van der Waals surface area contributed by atoms with E-state index in [0.29, 0.717) is 10.4 Å². The van der Waals surface area contributed by atoms with Gasteiger partial charge in [-0.1, -0.05) is 5.16 Å². The lowest BCUT2D eigenvalue weighted by Gasteiger charge is -1.85. The van der Waals surface area contributed by atoms with Crippen LogP contribution in [0.4, 0.5) is 0 Å². The van der Waals surface area contributed by atoms with Crippen LogP contribution in [0.5, 0.6) is 0 Å². The van der Waals surface area contributed by atoms with Gasteiger partial charge in [-0.05, 0) is 44.0 Å². The molecule has 1 N–H and O–H groups in total. The van der Waals surface area contributed by atoms with Crippen LogP contribution < -0.4 is 0 Å². The summed E-state index contributed by atoms with van der Waals surface area (Å²) < 4.78 is 5.89. The Bertz CT molecular complexity index is 256. The fourth-order valence-corrected chi connectivity index (χ4v) is 0.994. The molecule has 3 nitrogen and oxygen atoms in total. The van der Waals surface area contributed by atoms with Crippen molar-refractivity contribution in [3.05, 3.63) is 22.6 Å². The molecule has 0 saturated carbocycles. The summed E-state index contributed by atoms with van der Waals surface area (Å²) in [7, 11) is 0. The van der Waals surface area contributed by atoms with E-state index in [0.717, 1.165) is 0 Å². The summed E-state index contributed by atoms with van der Waals surface area (Å²) in [6.07, 6.45) is 0. The molecule has 1 aromatic heterocycles. The molecule has 1 rings (SSSR count). The predicted octanol–water partition coefficient (Wildman–Crippen LogP) is 2.57. The number of rotatable bonds is 1. The molecule has 0 aliphatic rings. The van der Waals surface area contributed by atoms with Gasteiger partial charge in [0, 0.05) is 0 Å². The maximum Gasteiger partial charge on any atom is 0.187 e. The monoisotopic (exact) mass is 267 g/mol. The zero-order valence-corrected chi connectivity index (χ0v) is 7.89. The standard InChI is InChI=1S/C5H3Br2NO2/c6-4-2-1-3(10-4)5(7)8-9/h1-2,9H/b8-5-. The second-order valence-corrected chi connectivity index (χ2v) is 3.03. The van der Waals surface area contributed by atoms with Crippen LogP contribution in [0.25, 0.3) is 0 Å². The third-order valence-electron chi connectivity index (χ3n) is 0.864. The zero-order valence-electron chi connectivity index (χ0n) is 4.71. The molecule has 0 aliphatic carbocycles. The van der Waals surface area contributed by atoms with Gasteiger partial charge >= 0.3 is 0 Å². The third kappa shape index (κ3) is 1.60. The second-order valence-electron chi connectivity index (χ2n) is 1.49. The van der Waals surface area contributed by atoms with Crippen molar-refractivity contribution in [3.8, 4) is 0 Å². The van der Waals surface area contributed by atoms with Gasteiger partial charge in [0.2, 0.25) is 0 Å². The molecular formula is C5H3Br2NO2. The molecule has 0 atom stereocenters. The Morgan fingerprint density at radius 1 is 1.60 bits per heavy atom. The minimum atomic E-state index is 0.276. The van der Waals surface area contributed by atoms with E-state index in [2.05, 4.69) is 37.0 Å². The van der Waals surface area contributed by atoms with Gasteiger partial charge in [0.05, 0.1) is 0 Å². The first-order valence-electron chi connectivity index (χ1n) is 2.37. The highest BCUT2D eigenvalue weighted by Crippen LogP contribution is 2.16. The number of halogens is 2. The van der Waals surface area contributed by atoms with Gasteiger partial charge in [0.15, 0.2) is 15.1 Å². The maximum atomic E-state index is 8.26. The van der Waals surface area contributed by atoms with Crippen LogP contribution in [-0.2, 0) is 0 Å². The molecule has 0 fully saturated rings. The van der Waals surface area contributed by atoms with Gasteiger partial charge in [-0.3, -0.25) is 0 Å². The topological polar surface area (TPSA) is 45.7 Å². The van der Waals surface area contributed by atoms with E-state index < -0.39 is 0 Å². The smallest absolute Gasteiger partial charge is 0.187 e. The van der Waals surface area contributed by atoms with E-state index >= 15 is 0 Å². The molecule has 0 spiro atoms. The fourth-order valence-electron chi connectivity index (χ4n) is 0.474. The van der Waals surface area contributed by atoms with Crippen LogP contribution in [-0.4, -0.2) is 9.83 Å². The van der Waals surface area contributed by atoms with Gasteiger partial charge in [-0.25, -0.2) is 0 Å². The van der Waals surface area contributed by atoms with Crippen molar-refractivity contribution >= 4 is 36.5 Å². The highest BCUT2D eigenvalue weighted by atomic mass is 79.9. The van der Waals surface area contributed by atoms with Crippen molar-refractivity contribution in [1.82, 2.24) is 0 Å². The molecule has 0 unspecified atom stereocenters. The largest absolute Gasteiger partial charge is 0.447 e. The summed E-state index contributed by atoms with van der Waals surface area (Å²) in [4.78, 5) is 0. The minimum absolute atomic E-state index is 0.276. The van der Waals surface area contributed by atoms with Crippen molar-refractivity contribution in [2.24, 2.45) is 5.16 Å². The lowest BCUT2D eigenvalue weighted by molar-refractivity contribution is 0.320. The highest BCUT2D eigenvalue weighted by Gasteiger charge is 2.03. The molecule has 54 valence electrons. The molecule has 0 amide bonds. The van der Waals surface area contributed by atoms with E-state index in [9.17, 15) is 0 Å². The summed E-state index contributed by atoms with van der Waals surface area (Å²) in [6, 6.07) is 3.38. The Hall–Kier alpha value is -0.290. The predicted molar refractivity (Wildman–Crippen MR) is 43.7 cm³/mol. The van der Waals surface area contributed by atoms with E-state index in [1.807, 2.05) is 0 Å². The molecule has 1 aromatic rings. The van der Waals surface area contributed by atoms with Crippen LogP contribution >= 0.6 is 31.9 Å². The van der Waals surface area contributed by atoms with Crippen LogP contribution in [0.3, 0.4) is 0 Å². The van der Waals surface area contributed by atoms with Crippen molar-refractivity contribution in [2.45, 2.75) is 0 Å². The Kier molecular flexibility index (Phi) is 2.50. The first kappa shape index (κ1) is 7.81. The Morgan fingerprint density at radius 2 is 2.30 bits per heavy atom. The summed E-state index contributed by atoms with van der Waals surface area (Å²) >= 11 is 6.09.